The van der Waals surface area contributed by atoms with Crippen molar-refractivity contribution in [3.8, 4) is 0 Å². The fourth-order valence-electron chi connectivity index (χ4n) is 2.74. The van der Waals surface area contributed by atoms with Gasteiger partial charge in [0, 0.05) is 31.0 Å². The third-order valence-electron chi connectivity index (χ3n) is 4.43. The van der Waals surface area contributed by atoms with Crippen LogP contribution in [0.3, 0.4) is 0 Å². The zero-order valence-electron chi connectivity index (χ0n) is 12.6. The molecule has 116 valence electrons. The number of anilines is 2. The van der Waals surface area contributed by atoms with Crippen LogP contribution in [-0.2, 0) is 4.79 Å². The molecule has 1 fully saturated rings. The number of nitrogens with one attached hydrogen (secondary N) is 1. The molecule has 0 spiro atoms. The van der Waals surface area contributed by atoms with Gasteiger partial charge in [-0.15, -0.1) is 0 Å². The molecule has 1 aliphatic carbocycles. The molecule has 0 radical (unpaired) electrons. The number of benzene rings is 1. The van der Waals surface area contributed by atoms with Crippen molar-refractivity contribution >= 4 is 17.3 Å². The lowest BCUT2D eigenvalue weighted by molar-refractivity contribution is -0.129. The van der Waals surface area contributed by atoms with Crippen LogP contribution in [0.4, 0.5) is 11.4 Å². The van der Waals surface area contributed by atoms with Crippen LogP contribution in [0.15, 0.2) is 24.3 Å². The van der Waals surface area contributed by atoms with E-state index in [4.69, 9.17) is 10.8 Å². The van der Waals surface area contributed by atoms with Gasteiger partial charge in [0.1, 0.15) is 0 Å². The predicted octanol–water partition coefficient (Wildman–Crippen LogP) is 1.57. The van der Waals surface area contributed by atoms with Gasteiger partial charge in [-0.3, -0.25) is 4.79 Å². The quantitative estimate of drug-likeness (QED) is 0.712. The maximum absolute atomic E-state index is 12.3. The molecule has 21 heavy (non-hydrogen) atoms. The van der Waals surface area contributed by atoms with Crippen molar-refractivity contribution in [1.82, 2.24) is 0 Å². The zero-order chi connectivity index (χ0) is 15.3. The van der Waals surface area contributed by atoms with Crippen molar-refractivity contribution in [2.75, 3.05) is 36.5 Å². The van der Waals surface area contributed by atoms with Crippen LogP contribution < -0.4 is 16.0 Å². The summed E-state index contributed by atoms with van der Waals surface area (Å²) in [6, 6.07) is 7.72. The summed E-state index contributed by atoms with van der Waals surface area (Å²) in [6.45, 7) is 4.04. The Kier molecular flexibility index (Phi) is 5.20. The average Bonchev–Trinajstić information content (AvgIpc) is 2.45. The van der Waals surface area contributed by atoms with E-state index in [0.717, 1.165) is 37.2 Å². The second kappa shape index (κ2) is 6.91. The van der Waals surface area contributed by atoms with Crippen LogP contribution in [0.2, 0.25) is 0 Å². The number of hydrogen-bond donors (Lipinski definition) is 3. The molecule has 1 aliphatic rings. The first-order chi connectivity index (χ1) is 10.1. The van der Waals surface area contributed by atoms with E-state index in [2.05, 4.69) is 10.2 Å². The maximum Gasteiger partial charge on any atom is 0.231 e. The molecule has 0 bridgehead atoms. The number of nitrogens with zero attached hydrogens (tertiary/aromatic N) is 1. The molecular formula is C16H25N3O2. The highest BCUT2D eigenvalue weighted by molar-refractivity contribution is 5.96. The van der Waals surface area contributed by atoms with E-state index >= 15 is 0 Å². The molecular weight excluding hydrogens is 266 g/mol. The first-order valence-corrected chi connectivity index (χ1v) is 7.62. The largest absolute Gasteiger partial charge is 0.395 e. The van der Waals surface area contributed by atoms with E-state index in [1.807, 2.05) is 31.2 Å². The summed E-state index contributed by atoms with van der Waals surface area (Å²) >= 11 is 0. The highest BCUT2D eigenvalue weighted by atomic mass is 16.3. The Morgan fingerprint density at radius 1 is 1.38 bits per heavy atom. The number of aliphatic hydroxyl groups is 1. The average molecular weight is 291 g/mol. The van der Waals surface area contributed by atoms with Crippen molar-refractivity contribution < 1.29 is 9.90 Å². The highest BCUT2D eigenvalue weighted by Gasteiger charge is 2.42. The molecule has 5 heteroatoms. The number of aliphatic hydroxyl groups excluding tert-OH is 1. The molecule has 4 N–H and O–H groups in total. The standard InChI is InChI=1S/C16H25N3O2/c1-2-19(10-11-20)14-6-4-13(5-7-14)18-15(21)16(12-17)8-3-9-16/h4-7,20H,2-3,8-12,17H2,1H3,(H,18,21). The summed E-state index contributed by atoms with van der Waals surface area (Å²) in [5.41, 5.74) is 7.23. The lowest BCUT2D eigenvalue weighted by Crippen LogP contribution is -2.47. The number of rotatable bonds is 7. The summed E-state index contributed by atoms with van der Waals surface area (Å²) in [6.07, 6.45) is 2.84. The van der Waals surface area contributed by atoms with Crippen molar-refractivity contribution in [3.63, 3.8) is 0 Å². The number of nitrogens with two attached hydrogens (primary N) is 1. The van der Waals surface area contributed by atoms with Crippen LogP contribution in [0, 0.1) is 5.41 Å². The molecule has 1 saturated carbocycles. The minimum Gasteiger partial charge on any atom is -0.395 e. The summed E-state index contributed by atoms with van der Waals surface area (Å²) in [5.74, 6) is 0.0340. The molecule has 0 unspecified atom stereocenters. The van der Waals surface area contributed by atoms with Gasteiger partial charge in [-0.25, -0.2) is 0 Å². The minimum absolute atomic E-state index is 0.0340. The smallest absolute Gasteiger partial charge is 0.231 e. The predicted molar refractivity (Wildman–Crippen MR) is 85.4 cm³/mol. The highest BCUT2D eigenvalue weighted by Crippen LogP contribution is 2.40. The van der Waals surface area contributed by atoms with Crippen molar-refractivity contribution in [1.29, 1.82) is 0 Å². The normalized spacial score (nSPS) is 16.1. The summed E-state index contributed by atoms with van der Waals surface area (Å²) in [5, 5.41) is 12.0. The fourth-order valence-corrected chi connectivity index (χ4v) is 2.74. The van der Waals surface area contributed by atoms with Crippen molar-refractivity contribution in [2.24, 2.45) is 11.1 Å². The number of likely N-dealkylation sites (N-methyl/N-ethyl adjacent to an activating group) is 1. The van der Waals surface area contributed by atoms with E-state index in [9.17, 15) is 4.79 Å². The Morgan fingerprint density at radius 3 is 2.48 bits per heavy atom. The Hall–Kier alpha value is -1.59. The summed E-state index contributed by atoms with van der Waals surface area (Å²) in [7, 11) is 0. The van der Waals surface area contributed by atoms with Crippen LogP contribution in [-0.4, -0.2) is 37.3 Å². The zero-order valence-corrected chi connectivity index (χ0v) is 12.6. The Labute approximate surface area is 126 Å². The molecule has 0 aromatic heterocycles. The van der Waals surface area contributed by atoms with Gasteiger partial charge in [-0.1, -0.05) is 6.42 Å². The SMILES string of the molecule is CCN(CCO)c1ccc(NC(=O)C2(CN)CCC2)cc1. The molecule has 2 rings (SSSR count). The lowest BCUT2D eigenvalue weighted by atomic mass is 9.68. The number of carbonyl (C=O) groups excluding carboxylic acids is 1. The van der Waals surface area contributed by atoms with Crippen LogP contribution in [0.5, 0.6) is 0 Å². The first kappa shape index (κ1) is 15.8. The topological polar surface area (TPSA) is 78.6 Å². The van der Waals surface area contributed by atoms with Crippen LogP contribution in [0.1, 0.15) is 26.2 Å². The second-order valence-electron chi connectivity index (χ2n) is 5.64. The maximum atomic E-state index is 12.3. The summed E-state index contributed by atoms with van der Waals surface area (Å²) < 4.78 is 0. The molecule has 1 aromatic rings. The molecule has 1 aromatic carbocycles. The third-order valence-corrected chi connectivity index (χ3v) is 4.43. The Morgan fingerprint density at radius 2 is 2.05 bits per heavy atom. The van der Waals surface area contributed by atoms with Gasteiger partial charge < -0.3 is 21.1 Å². The van der Waals surface area contributed by atoms with Crippen molar-refractivity contribution in [2.45, 2.75) is 26.2 Å². The van der Waals surface area contributed by atoms with Gasteiger partial charge in [0.2, 0.25) is 5.91 Å². The fraction of sp³-hybridized carbons (Fsp3) is 0.562. The molecule has 0 heterocycles. The van der Waals surface area contributed by atoms with Gasteiger partial charge in [-0.2, -0.15) is 0 Å². The number of amides is 1. The Balaban J connectivity index is 2.00. The van der Waals surface area contributed by atoms with Gasteiger partial charge in [0.05, 0.1) is 12.0 Å². The molecule has 1 amide bonds. The van der Waals surface area contributed by atoms with Gasteiger partial charge in [0.25, 0.3) is 0 Å². The van der Waals surface area contributed by atoms with Gasteiger partial charge in [0.15, 0.2) is 0 Å². The van der Waals surface area contributed by atoms with E-state index in [1.54, 1.807) is 0 Å². The van der Waals surface area contributed by atoms with E-state index in [0.29, 0.717) is 13.1 Å². The van der Waals surface area contributed by atoms with E-state index < -0.39 is 0 Å². The summed E-state index contributed by atoms with van der Waals surface area (Å²) in [4.78, 5) is 14.4. The monoisotopic (exact) mass is 291 g/mol. The van der Waals surface area contributed by atoms with E-state index in [1.165, 1.54) is 0 Å². The van der Waals surface area contributed by atoms with Crippen LogP contribution in [0.25, 0.3) is 0 Å². The lowest BCUT2D eigenvalue weighted by Gasteiger charge is -2.39. The van der Waals surface area contributed by atoms with Crippen LogP contribution >= 0.6 is 0 Å². The van der Waals surface area contributed by atoms with Gasteiger partial charge in [-0.05, 0) is 44.0 Å². The molecule has 5 nitrogen and oxygen atoms in total. The molecule has 0 aliphatic heterocycles. The molecule has 0 atom stereocenters. The minimum atomic E-state index is -0.356. The number of hydrogen-bond acceptors (Lipinski definition) is 4. The molecule has 0 saturated heterocycles. The Bertz CT molecular complexity index is 463. The van der Waals surface area contributed by atoms with E-state index in [-0.39, 0.29) is 17.9 Å². The number of carbonyl (C=O) groups is 1. The van der Waals surface area contributed by atoms with Gasteiger partial charge >= 0.3 is 0 Å². The first-order valence-electron chi connectivity index (χ1n) is 7.62. The third kappa shape index (κ3) is 3.36. The van der Waals surface area contributed by atoms with Crippen molar-refractivity contribution in [3.05, 3.63) is 24.3 Å². The second-order valence-corrected chi connectivity index (χ2v) is 5.64.